The predicted molar refractivity (Wildman–Crippen MR) is 114 cm³/mol. The summed E-state index contributed by atoms with van der Waals surface area (Å²) in [6, 6.07) is 9.93. The number of nitrogens with zero attached hydrogens (tertiary/aromatic N) is 2. The van der Waals surface area contributed by atoms with Crippen LogP contribution in [0.1, 0.15) is 17.3 Å². The Kier molecular flexibility index (Phi) is 5.96. The van der Waals surface area contributed by atoms with Crippen LogP contribution in [0.5, 0.6) is 0 Å². The number of sulfonamides is 1. The molecule has 3 aromatic rings. The van der Waals surface area contributed by atoms with Crippen LogP contribution in [0.15, 0.2) is 57.2 Å². The number of terminal acetylenes is 1. The van der Waals surface area contributed by atoms with E-state index in [1.165, 1.54) is 43.3 Å². The average Bonchev–Trinajstić information content (AvgIpc) is 3.04. The lowest BCUT2D eigenvalue weighted by Gasteiger charge is -2.03. The van der Waals surface area contributed by atoms with Gasteiger partial charge in [0.15, 0.2) is 14.6 Å². The zero-order valence-corrected chi connectivity index (χ0v) is 18.2. The van der Waals surface area contributed by atoms with Crippen LogP contribution in [0, 0.1) is 12.3 Å². The van der Waals surface area contributed by atoms with Crippen LogP contribution in [0.25, 0.3) is 10.2 Å². The minimum atomic E-state index is -3.89. The normalized spacial score (nSPS) is 12.8. The van der Waals surface area contributed by atoms with E-state index in [1.807, 2.05) is 0 Å². The number of fused-ring (bicyclic) bond motifs is 1. The lowest BCUT2D eigenvalue weighted by atomic mass is 10.2. The van der Waals surface area contributed by atoms with Gasteiger partial charge >= 0.3 is 0 Å². The monoisotopic (exact) mass is 463 g/mol. The molecule has 2 N–H and O–H groups in total. The van der Waals surface area contributed by atoms with Crippen LogP contribution < -0.4 is 9.94 Å². The second-order valence-electron chi connectivity index (χ2n) is 6.20. The van der Waals surface area contributed by atoms with Crippen LogP contribution in [-0.2, 0) is 26.4 Å². The second-order valence-corrected chi connectivity index (χ2v) is 11.0. The van der Waals surface area contributed by atoms with Crippen LogP contribution >= 0.6 is 11.3 Å². The quantitative estimate of drug-likeness (QED) is 0.574. The summed E-state index contributed by atoms with van der Waals surface area (Å²) in [6.45, 7) is 1.62. The fourth-order valence-electron chi connectivity index (χ4n) is 2.70. The molecule has 11 heteroatoms. The molecule has 156 valence electrons. The van der Waals surface area contributed by atoms with E-state index in [1.54, 1.807) is 10.6 Å². The minimum Gasteiger partial charge on any atom is -0.305 e. The highest BCUT2D eigenvalue weighted by Gasteiger charge is 2.16. The van der Waals surface area contributed by atoms with E-state index >= 15 is 0 Å². The zero-order valence-electron chi connectivity index (χ0n) is 15.8. The van der Waals surface area contributed by atoms with Gasteiger partial charge in [-0.1, -0.05) is 30.2 Å². The SMILES string of the molecule is C#CCn1c(=NC(=O)c2cccc(S(=O)(=O)CC)c2)sc2cc(S(N)(=O)=O)ccc21. The molecular weight excluding hydrogens is 446 g/mol. The largest absolute Gasteiger partial charge is 0.305 e. The van der Waals surface area contributed by atoms with Crippen molar-refractivity contribution in [2.45, 2.75) is 23.3 Å². The molecule has 0 unspecified atom stereocenters. The maximum absolute atomic E-state index is 12.7. The summed E-state index contributed by atoms with van der Waals surface area (Å²) in [5, 5.41) is 5.18. The Morgan fingerprint density at radius 1 is 1.17 bits per heavy atom. The van der Waals surface area contributed by atoms with Gasteiger partial charge in [0.25, 0.3) is 5.91 Å². The number of benzene rings is 2. The van der Waals surface area contributed by atoms with Gasteiger partial charge in [0, 0.05) is 5.56 Å². The Labute approximate surface area is 177 Å². The standard InChI is InChI=1S/C19H17N3O5S3/c1-3-10-22-16-9-8-15(30(20,26)27)12-17(16)28-19(22)21-18(23)13-6-5-7-14(11-13)29(24,25)4-2/h1,5-9,11-12H,4,10H2,2H3,(H2,20,26,27). The molecule has 0 aliphatic heterocycles. The summed E-state index contributed by atoms with van der Waals surface area (Å²) in [5.41, 5.74) is 0.707. The molecule has 0 aliphatic carbocycles. The fourth-order valence-corrected chi connectivity index (χ4v) is 5.31. The lowest BCUT2D eigenvalue weighted by Crippen LogP contribution is -2.16. The topological polar surface area (TPSA) is 129 Å². The van der Waals surface area contributed by atoms with Crippen molar-refractivity contribution in [3.8, 4) is 12.3 Å². The Morgan fingerprint density at radius 3 is 2.53 bits per heavy atom. The number of carbonyl (C=O) groups excluding carboxylic acids is 1. The fraction of sp³-hybridized carbons (Fsp3) is 0.158. The Morgan fingerprint density at radius 2 is 1.90 bits per heavy atom. The Hall–Kier alpha value is -2.78. The van der Waals surface area contributed by atoms with Gasteiger partial charge in [0.1, 0.15) is 0 Å². The maximum Gasteiger partial charge on any atom is 0.279 e. The number of sulfone groups is 1. The summed E-state index contributed by atoms with van der Waals surface area (Å²) in [7, 11) is -7.37. The molecule has 2 aromatic carbocycles. The number of nitrogens with two attached hydrogens (primary N) is 1. The summed E-state index contributed by atoms with van der Waals surface area (Å²) < 4.78 is 49.5. The average molecular weight is 464 g/mol. The van der Waals surface area contributed by atoms with E-state index < -0.39 is 25.8 Å². The van der Waals surface area contributed by atoms with Gasteiger partial charge in [0.2, 0.25) is 10.0 Å². The highest BCUT2D eigenvalue weighted by molar-refractivity contribution is 7.91. The first kappa shape index (κ1) is 21.9. The van der Waals surface area contributed by atoms with Crippen molar-refractivity contribution >= 4 is 47.3 Å². The molecule has 3 rings (SSSR count). The van der Waals surface area contributed by atoms with Gasteiger partial charge in [-0.15, -0.1) is 6.42 Å². The molecule has 0 fully saturated rings. The molecule has 0 bridgehead atoms. The first-order valence-corrected chi connectivity index (χ1v) is 12.6. The van der Waals surface area contributed by atoms with Crippen LogP contribution in [-0.4, -0.2) is 33.1 Å². The summed E-state index contributed by atoms with van der Waals surface area (Å²) in [6.07, 6.45) is 5.43. The Bertz CT molecular complexity index is 1470. The van der Waals surface area contributed by atoms with Crippen molar-refractivity contribution in [2.24, 2.45) is 10.1 Å². The van der Waals surface area contributed by atoms with Crippen molar-refractivity contribution in [3.63, 3.8) is 0 Å². The number of rotatable bonds is 5. The van der Waals surface area contributed by atoms with Crippen molar-refractivity contribution < 1.29 is 21.6 Å². The number of hydrogen-bond acceptors (Lipinski definition) is 6. The lowest BCUT2D eigenvalue weighted by molar-refractivity contribution is 0.0997. The van der Waals surface area contributed by atoms with Crippen molar-refractivity contribution in [3.05, 3.63) is 52.8 Å². The van der Waals surface area contributed by atoms with Crippen LogP contribution in [0.3, 0.4) is 0 Å². The predicted octanol–water partition coefficient (Wildman–Crippen LogP) is 1.52. The number of hydrogen-bond donors (Lipinski definition) is 1. The zero-order chi connectivity index (χ0) is 22.1. The van der Waals surface area contributed by atoms with E-state index in [4.69, 9.17) is 11.6 Å². The molecule has 1 amide bonds. The summed E-state index contributed by atoms with van der Waals surface area (Å²) >= 11 is 1.07. The molecular formula is C19H17N3O5S3. The molecule has 0 spiro atoms. The number of aromatic nitrogens is 1. The van der Waals surface area contributed by atoms with Gasteiger partial charge < -0.3 is 4.57 Å². The van der Waals surface area contributed by atoms with Gasteiger partial charge in [0.05, 0.1) is 32.3 Å². The van der Waals surface area contributed by atoms with Gasteiger partial charge in [-0.3, -0.25) is 4.79 Å². The van der Waals surface area contributed by atoms with Crippen LogP contribution in [0.4, 0.5) is 0 Å². The third kappa shape index (κ3) is 4.36. The van der Waals surface area contributed by atoms with Crippen molar-refractivity contribution in [2.75, 3.05) is 5.75 Å². The molecule has 1 heterocycles. The third-order valence-corrected chi connectivity index (χ3v) is 7.93. The Balaban J connectivity index is 2.16. The molecule has 0 saturated heterocycles. The van der Waals surface area contributed by atoms with Gasteiger partial charge in [-0.2, -0.15) is 4.99 Å². The number of primary sulfonamides is 1. The third-order valence-electron chi connectivity index (χ3n) is 4.25. The van der Waals surface area contributed by atoms with E-state index in [0.29, 0.717) is 10.2 Å². The molecule has 0 aliphatic rings. The van der Waals surface area contributed by atoms with Gasteiger partial charge in [-0.05, 0) is 36.4 Å². The number of amides is 1. The molecule has 0 saturated carbocycles. The molecule has 1 aromatic heterocycles. The smallest absolute Gasteiger partial charge is 0.279 e. The first-order valence-electron chi connectivity index (χ1n) is 8.58. The summed E-state index contributed by atoms with van der Waals surface area (Å²) in [5.74, 6) is 1.74. The van der Waals surface area contributed by atoms with Crippen molar-refractivity contribution in [1.29, 1.82) is 0 Å². The van der Waals surface area contributed by atoms with E-state index in [0.717, 1.165) is 11.3 Å². The molecule has 8 nitrogen and oxygen atoms in total. The first-order chi connectivity index (χ1) is 14.1. The number of thiazole rings is 1. The van der Waals surface area contributed by atoms with E-state index in [2.05, 4.69) is 10.9 Å². The molecule has 30 heavy (non-hydrogen) atoms. The highest BCUT2D eigenvalue weighted by Crippen LogP contribution is 2.21. The molecule has 0 radical (unpaired) electrons. The van der Waals surface area contributed by atoms with E-state index in [-0.39, 0.29) is 32.5 Å². The minimum absolute atomic E-state index is 0.0386. The molecule has 0 atom stereocenters. The van der Waals surface area contributed by atoms with Crippen molar-refractivity contribution in [1.82, 2.24) is 4.57 Å². The maximum atomic E-state index is 12.7. The summed E-state index contributed by atoms with van der Waals surface area (Å²) in [4.78, 5) is 17.0. The van der Waals surface area contributed by atoms with Gasteiger partial charge in [-0.25, -0.2) is 22.0 Å². The number of carbonyl (C=O) groups is 1. The van der Waals surface area contributed by atoms with E-state index in [9.17, 15) is 21.6 Å². The van der Waals surface area contributed by atoms with Crippen LogP contribution in [0.2, 0.25) is 0 Å². The second kappa shape index (κ2) is 8.16. The highest BCUT2D eigenvalue weighted by atomic mass is 32.2.